The zero-order valence-electron chi connectivity index (χ0n) is 8.96. The van der Waals surface area contributed by atoms with Crippen molar-refractivity contribution >= 4 is 43.5 Å². The summed E-state index contributed by atoms with van der Waals surface area (Å²) in [5, 5.41) is 2.77. The van der Waals surface area contributed by atoms with Crippen molar-refractivity contribution in [1.29, 1.82) is 0 Å². The number of amides is 1. The number of anilines is 1. The molecule has 1 N–H and O–H groups in total. The second kappa shape index (κ2) is 5.06. The Morgan fingerprint density at radius 3 is 2.65 bits per heavy atom. The fourth-order valence-electron chi connectivity index (χ4n) is 1.33. The molecule has 0 saturated heterocycles. The molecule has 0 radical (unpaired) electrons. The average Bonchev–Trinajstić information content (AvgIpc) is 2.70. The van der Waals surface area contributed by atoms with Gasteiger partial charge in [-0.1, -0.05) is 15.9 Å². The van der Waals surface area contributed by atoms with Gasteiger partial charge in [0.15, 0.2) is 5.76 Å². The van der Waals surface area contributed by atoms with Gasteiger partial charge in [0, 0.05) is 8.95 Å². The summed E-state index contributed by atoms with van der Waals surface area (Å²) in [6, 6.07) is 8.96. The summed E-state index contributed by atoms with van der Waals surface area (Å²) < 4.78 is 6.96. The zero-order valence-corrected chi connectivity index (χ0v) is 12.1. The molecule has 0 bridgehead atoms. The fourth-order valence-corrected chi connectivity index (χ4v) is 2.04. The molecule has 0 spiro atoms. The summed E-state index contributed by atoms with van der Waals surface area (Å²) in [5.74, 6) is 0.745. The van der Waals surface area contributed by atoms with Crippen LogP contribution in [0.1, 0.15) is 16.3 Å². The van der Waals surface area contributed by atoms with Crippen LogP contribution in [-0.2, 0) is 0 Å². The first-order chi connectivity index (χ1) is 8.06. The van der Waals surface area contributed by atoms with Gasteiger partial charge in [0.1, 0.15) is 5.76 Å². The predicted octanol–water partition coefficient (Wildman–Crippen LogP) is 4.37. The van der Waals surface area contributed by atoms with Gasteiger partial charge >= 0.3 is 0 Å². The summed E-state index contributed by atoms with van der Waals surface area (Å²) >= 11 is 6.72. The second-order valence-corrected chi connectivity index (χ2v) is 5.26. The highest BCUT2D eigenvalue weighted by molar-refractivity contribution is 9.11. The molecular formula is C12H9Br2NO2. The molecule has 3 nitrogen and oxygen atoms in total. The Hall–Kier alpha value is -1.07. The topological polar surface area (TPSA) is 42.2 Å². The number of carbonyl (C=O) groups excluding carboxylic acids is 1. The maximum absolute atomic E-state index is 11.8. The number of carbonyl (C=O) groups is 1. The largest absolute Gasteiger partial charge is 0.456 e. The molecule has 1 aromatic carbocycles. The average molecular weight is 359 g/mol. The van der Waals surface area contributed by atoms with Crippen LogP contribution in [0.25, 0.3) is 0 Å². The first-order valence-corrected chi connectivity index (χ1v) is 6.48. The Kier molecular flexibility index (Phi) is 3.69. The minimum absolute atomic E-state index is 0.267. The van der Waals surface area contributed by atoms with E-state index >= 15 is 0 Å². The zero-order chi connectivity index (χ0) is 12.4. The highest BCUT2D eigenvalue weighted by Crippen LogP contribution is 2.26. The quantitative estimate of drug-likeness (QED) is 0.866. The van der Waals surface area contributed by atoms with E-state index in [-0.39, 0.29) is 5.91 Å². The number of nitrogens with one attached hydrogen (secondary N) is 1. The fraction of sp³-hybridized carbons (Fsp3) is 0.0833. The lowest BCUT2D eigenvalue weighted by molar-refractivity contribution is 0.0995. The Morgan fingerprint density at radius 1 is 1.24 bits per heavy atom. The first kappa shape index (κ1) is 12.4. The number of halogens is 2. The van der Waals surface area contributed by atoms with Crippen molar-refractivity contribution in [1.82, 2.24) is 0 Å². The lowest BCUT2D eigenvalue weighted by Gasteiger charge is -2.06. The van der Waals surface area contributed by atoms with E-state index in [1.54, 1.807) is 19.1 Å². The molecule has 0 aliphatic heterocycles. The van der Waals surface area contributed by atoms with Crippen molar-refractivity contribution in [2.75, 3.05) is 5.32 Å². The van der Waals surface area contributed by atoms with Crippen LogP contribution in [0.2, 0.25) is 0 Å². The Labute approximate surface area is 115 Å². The van der Waals surface area contributed by atoms with Gasteiger partial charge in [-0.15, -0.1) is 0 Å². The molecule has 5 heteroatoms. The van der Waals surface area contributed by atoms with Gasteiger partial charge in [-0.25, -0.2) is 0 Å². The van der Waals surface area contributed by atoms with Gasteiger partial charge in [-0.2, -0.15) is 0 Å². The van der Waals surface area contributed by atoms with Crippen LogP contribution in [-0.4, -0.2) is 5.91 Å². The highest BCUT2D eigenvalue weighted by Gasteiger charge is 2.11. The van der Waals surface area contributed by atoms with Crippen molar-refractivity contribution in [3.05, 3.63) is 50.8 Å². The van der Waals surface area contributed by atoms with E-state index in [0.29, 0.717) is 17.2 Å². The molecule has 0 aliphatic carbocycles. The highest BCUT2D eigenvalue weighted by atomic mass is 79.9. The molecule has 1 aromatic heterocycles. The summed E-state index contributed by atoms with van der Waals surface area (Å²) in [5.41, 5.74) is 0.693. The van der Waals surface area contributed by atoms with Crippen LogP contribution < -0.4 is 5.32 Å². The maximum atomic E-state index is 11.8. The first-order valence-electron chi connectivity index (χ1n) is 4.89. The number of aryl methyl sites for hydroxylation is 1. The van der Waals surface area contributed by atoms with Gasteiger partial charge in [-0.05, 0) is 53.2 Å². The van der Waals surface area contributed by atoms with Gasteiger partial charge in [0.2, 0.25) is 0 Å². The Morgan fingerprint density at radius 2 is 2.00 bits per heavy atom. The van der Waals surface area contributed by atoms with Crippen molar-refractivity contribution < 1.29 is 9.21 Å². The van der Waals surface area contributed by atoms with Crippen molar-refractivity contribution in [3.8, 4) is 0 Å². The van der Waals surface area contributed by atoms with E-state index in [1.807, 2.05) is 18.2 Å². The Bertz CT molecular complexity index is 563. The molecule has 1 amide bonds. The monoisotopic (exact) mass is 357 g/mol. The van der Waals surface area contributed by atoms with Crippen LogP contribution in [0.3, 0.4) is 0 Å². The molecule has 0 saturated carbocycles. The standard InChI is InChI=1S/C12H9Br2NO2/c1-7-2-5-11(17-7)12(16)15-10-6-8(13)3-4-9(10)14/h2-6H,1H3,(H,15,16). The summed E-state index contributed by atoms with van der Waals surface area (Å²) in [4.78, 5) is 11.8. The third kappa shape index (κ3) is 2.98. The maximum Gasteiger partial charge on any atom is 0.291 e. The second-order valence-electron chi connectivity index (χ2n) is 3.49. The van der Waals surface area contributed by atoms with E-state index in [9.17, 15) is 4.79 Å². The molecule has 0 aliphatic rings. The molecular weight excluding hydrogens is 350 g/mol. The van der Waals surface area contributed by atoms with Gasteiger partial charge < -0.3 is 9.73 Å². The number of hydrogen-bond donors (Lipinski definition) is 1. The van der Waals surface area contributed by atoms with Crippen LogP contribution in [0.15, 0.2) is 43.7 Å². The minimum atomic E-state index is -0.267. The van der Waals surface area contributed by atoms with Crippen molar-refractivity contribution in [2.45, 2.75) is 6.92 Å². The van der Waals surface area contributed by atoms with Gasteiger partial charge in [-0.3, -0.25) is 4.79 Å². The van der Waals surface area contributed by atoms with E-state index in [2.05, 4.69) is 37.2 Å². The minimum Gasteiger partial charge on any atom is -0.456 e. The molecule has 88 valence electrons. The molecule has 0 fully saturated rings. The summed E-state index contributed by atoms with van der Waals surface area (Å²) in [6.45, 7) is 1.80. The molecule has 0 unspecified atom stereocenters. The normalized spacial score (nSPS) is 10.3. The molecule has 1 heterocycles. The van der Waals surface area contributed by atoms with Crippen LogP contribution in [0.5, 0.6) is 0 Å². The van der Waals surface area contributed by atoms with Crippen molar-refractivity contribution in [3.63, 3.8) is 0 Å². The van der Waals surface area contributed by atoms with Crippen LogP contribution >= 0.6 is 31.9 Å². The number of rotatable bonds is 2. The lowest BCUT2D eigenvalue weighted by atomic mass is 10.3. The lowest BCUT2D eigenvalue weighted by Crippen LogP contribution is -2.11. The smallest absolute Gasteiger partial charge is 0.291 e. The molecule has 2 rings (SSSR count). The summed E-state index contributed by atoms with van der Waals surface area (Å²) in [7, 11) is 0. The molecule has 17 heavy (non-hydrogen) atoms. The Balaban J connectivity index is 2.21. The SMILES string of the molecule is Cc1ccc(C(=O)Nc2cc(Br)ccc2Br)o1. The predicted molar refractivity (Wildman–Crippen MR) is 73.2 cm³/mol. The van der Waals surface area contributed by atoms with E-state index in [1.165, 1.54) is 0 Å². The van der Waals surface area contributed by atoms with Crippen molar-refractivity contribution in [2.24, 2.45) is 0 Å². The van der Waals surface area contributed by atoms with Gasteiger partial charge in [0.25, 0.3) is 5.91 Å². The number of benzene rings is 1. The van der Waals surface area contributed by atoms with Gasteiger partial charge in [0.05, 0.1) is 5.69 Å². The third-order valence-corrected chi connectivity index (χ3v) is 3.33. The van der Waals surface area contributed by atoms with Crippen LogP contribution in [0, 0.1) is 6.92 Å². The number of hydrogen-bond acceptors (Lipinski definition) is 2. The third-order valence-electron chi connectivity index (χ3n) is 2.14. The number of furan rings is 1. The molecule has 0 atom stereocenters. The molecule has 2 aromatic rings. The summed E-state index contributed by atoms with van der Waals surface area (Å²) in [6.07, 6.45) is 0. The van der Waals surface area contributed by atoms with Crippen LogP contribution in [0.4, 0.5) is 5.69 Å². The van der Waals surface area contributed by atoms with E-state index < -0.39 is 0 Å². The van der Waals surface area contributed by atoms with E-state index in [4.69, 9.17) is 4.42 Å². The van der Waals surface area contributed by atoms with E-state index in [0.717, 1.165) is 8.95 Å².